The largest absolute Gasteiger partial charge is 0.226 e. The molecule has 106 valence electrons. The van der Waals surface area contributed by atoms with Gasteiger partial charge >= 0.3 is 0 Å². The maximum Gasteiger partial charge on any atom is 0.136 e. The fourth-order valence-electron chi connectivity index (χ4n) is 1.65. The first kappa shape index (κ1) is 15.6. The summed E-state index contributed by atoms with van der Waals surface area (Å²) in [5, 5.41) is 2.24. The predicted molar refractivity (Wildman–Crippen MR) is 86.9 cm³/mol. The zero-order valence-corrected chi connectivity index (χ0v) is 14.0. The molecule has 0 unspecified atom stereocenters. The number of aromatic nitrogens is 2. The van der Waals surface area contributed by atoms with Gasteiger partial charge in [0.1, 0.15) is 16.0 Å². The highest BCUT2D eigenvalue weighted by atomic mass is 35.5. The van der Waals surface area contributed by atoms with Gasteiger partial charge in [0.2, 0.25) is 0 Å². The molecule has 0 bridgehead atoms. The summed E-state index contributed by atoms with van der Waals surface area (Å²) >= 11 is 14.0. The van der Waals surface area contributed by atoms with Crippen LogP contribution >= 0.6 is 35.0 Å². The average Bonchev–Trinajstić information content (AvgIpc) is 2.41. The Balaban J connectivity index is 2.23. The number of hydrogen-bond donors (Lipinski definition) is 0. The molecule has 2 nitrogen and oxygen atoms in total. The number of benzene rings is 1. The molecule has 2 aromatic rings. The Morgan fingerprint density at radius 2 is 1.85 bits per heavy atom. The Bertz CT molecular complexity index is 615. The van der Waals surface area contributed by atoms with E-state index >= 15 is 0 Å². The van der Waals surface area contributed by atoms with Gasteiger partial charge in [-0.15, -0.1) is 11.8 Å². The molecule has 20 heavy (non-hydrogen) atoms. The zero-order valence-electron chi connectivity index (χ0n) is 11.7. The van der Waals surface area contributed by atoms with Gasteiger partial charge in [0, 0.05) is 22.3 Å². The van der Waals surface area contributed by atoms with Gasteiger partial charge in [0.15, 0.2) is 0 Å². The van der Waals surface area contributed by atoms with Crippen LogP contribution in [0.15, 0.2) is 29.3 Å². The summed E-state index contributed by atoms with van der Waals surface area (Å²) in [6.45, 7) is 6.06. The Labute approximate surface area is 133 Å². The molecule has 1 heterocycles. The fraction of sp³-hybridized carbons (Fsp3) is 0.333. The van der Waals surface area contributed by atoms with Crippen LogP contribution in [0.3, 0.4) is 0 Å². The Morgan fingerprint density at radius 1 is 1.15 bits per heavy atom. The number of rotatable bonds is 4. The third-order valence-corrected chi connectivity index (χ3v) is 4.76. The molecule has 0 amide bonds. The molecule has 0 aliphatic heterocycles. The summed E-state index contributed by atoms with van der Waals surface area (Å²) in [6.07, 6.45) is 0. The molecule has 0 N–H and O–H groups in total. The highest BCUT2D eigenvalue weighted by Crippen LogP contribution is 2.30. The van der Waals surface area contributed by atoms with E-state index in [-0.39, 0.29) is 5.92 Å². The lowest BCUT2D eigenvalue weighted by Gasteiger charge is -2.11. The van der Waals surface area contributed by atoms with Crippen molar-refractivity contribution >= 4 is 35.0 Å². The topological polar surface area (TPSA) is 25.8 Å². The van der Waals surface area contributed by atoms with Gasteiger partial charge in [0.25, 0.3) is 0 Å². The molecular formula is C15H16Cl2N2S. The van der Waals surface area contributed by atoms with E-state index in [2.05, 4.69) is 23.8 Å². The van der Waals surface area contributed by atoms with Crippen molar-refractivity contribution in [2.24, 2.45) is 0 Å². The lowest BCUT2D eigenvalue weighted by Crippen LogP contribution is -2.01. The molecule has 1 aromatic carbocycles. The second kappa shape index (κ2) is 6.79. The Morgan fingerprint density at radius 3 is 2.50 bits per heavy atom. The Hall–Kier alpha value is -0.770. The van der Waals surface area contributed by atoms with E-state index in [1.54, 1.807) is 11.8 Å². The molecule has 0 fully saturated rings. The third kappa shape index (κ3) is 3.66. The minimum atomic E-state index is 0.257. The van der Waals surface area contributed by atoms with Crippen LogP contribution in [0.4, 0.5) is 0 Å². The van der Waals surface area contributed by atoms with Crippen molar-refractivity contribution in [3.8, 4) is 0 Å². The lowest BCUT2D eigenvalue weighted by molar-refractivity contribution is 0.747. The molecule has 0 saturated carbocycles. The SMILES string of the molecule is Cc1c(Cl)nc(C(C)C)nc1SCc1ccccc1Cl. The van der Waals surface area contributed by atoms with Crippen LogP contribution in [0.1, 0.15) is 36.7 Å². The molecule has 5 heteroatoms. The van der Waals surface area contributed by atoms with Gasteiger partial charge in [-0.05, 0) is 18.6 Å². The predicted octanol–water partition coefficient (Wildman–Crippen LogP) is 5.51. The summed E-state index contributed by atoms with van der Waals surface area (Å²) in [7, 11) is 0. The average molecular weight is 327 g/mol. The first-order chi connectivity index (χ1) is 9.49. The zero-order chi connectivity index (χ0) is 14.7. The maximum absolute atomic E-state index is 6.19. The van der Waals surface area contributed by atoms with Crippen LogP contribution in [0, 0.1) is 6.92 Å². The summed E-state index contributed by atoms with van der Waals surface area (Å²) in [6, 6.07) is 7.84. The minimum Gasteiger partial charge on any atom is -0.226 e. The van der Waals surface area contributed by atoms with Crippen molar-refractivity contribution < 1.29 is 0 Å². The first-order valence-electron chi connectivity index (χ1n) is 6.39. The van der Waals surface area contributed by atoms with Crippen LogP contribution < -0.4 is 0 Å². The van der Waals surface area contributed by atoms with Crippen molar-refractivity contribution in [1.82, 2.24) is 9.97 Å². The van der Waals surface area contributed by atoms with E-state index < -0.39 is 0 Å². The van der Waals surface area contributed by atoms with Gasteiger partial charge in [-0.25, -0.2) is 9.97 Å². The molecule has 0 aliphatic carbocycles. The van der Waals surface area contributed by atoms with Gasteiger partial charge in [0.05, 0.1) is 0 Å². The van der Waals surface area contributed by atoms with Gasteiger partial charge < -0.3 is 0 Å². The van der Waals surface area contributed by atoms with E-state index in [9.17, 15) is 0 Å². The van der Waals surface area contributed by atoms with Crippen molar-refractivity contribution in [3.05, 3.63) is 51.4 Å². The standard InChI is InChI=1S/C15H16Cl2N2S/c1-9(2)14-18-13(17)10(3)15(19-14)20-8-11-6-4-5-7-12(11)16/h4-7,9H,8H2,1-3H3. The monoisotopic (exact) mass is 326 g/mol. The normalized spacial score (nSPS) is 11.1. The summed E-state index contributed by atoms with van der Waals surface area (Å²) < 4.78 is 0. The highest BCUT2D eigenvalue weighted by Gasteiger charge is 2.12. The molecule has 0 radical (unpaired) electrons. The van der Waals surface area contributed by atoms with Crippen LogP contribution in [0.2, 0.25) is 10.2 Å². The van der Waals surface area contributed by atoms with Crippen LogP contribution in [-0.2, 0) is 5.75 Å². The molecule has 0 aliphatic rings. The summed E-state index contributed by atoms with van der Waals surface area (Å²) in [5.41, 5.74) is 2.02. The smallest absolute Gasteiger partial charge is 0.136 e. The first-order valence-corrected chi connectivity index (χ1v) is 8.13. The highest BCUT2D eigenvalue weighted by molar-refractivity contribution is 7.98. The second-order valence-corrected chi connectivity index (χ2v) is 6.57. The Kier molecular flexibility index (Phi) is 5.30. The van der Waals surface area contributed by atoms with Gasteiger partial charge in [-0.1, -0.05) is 55.2 Å². The van der Waals surface area contributed by atoms with Crippen molar-refractivity contribution in [3.63, 3.8) is 0 Å². The molecule has 1 aromatic heterocycles. The minimum absolute atomic E-state index is 0.257. The molecular weight excluding hydrogens is 311 g/mol. The lowest BCUT2D eigenvalue weighted by atomic mass is 10.2. The van der Waals surface area contributed by atoms with Crippen LogP contribution in [0.25, 0.3) is 0 Å². The van der Waals surface area contributed by atoms with E-state index in [4.69, 9.17) is 23.2 Å². The van der Waals surface area contributed by atoms with Crippen molar-refractivity contribution in [1.29, 1.82) is 0 Å². The van der Waals surface area contributed by atoms with Crippen LogP contribution in [-0.4, -0.2) is 9.97 Å². The van der Waals surface area contributed by atoms with Gasteiger partial charge in [-0.2, -0.15) is 0 Å². The van der Waals surface area contributed by atoms with Crippen molar-refractivity contribution in [2.45, 2.75) is 37.5 Å². The fourth-order valence-corrected chi connectivity index (χ4v) is 3.17. The maximum atomic E-state index is 6.19. The van der Waals surface area contributed by atoms with E-state index in [1.807, 2.05) is 31.2 Å². The van der Waals surface area contributed by atoms with E-state index in [0.717, 1.165) is 32.8 Å². The summed E-state index contributed by atoms with van der Waals surface area (Å²) in [5.74, 6) is 1.81. The third-order valence-electron chi connectivity index (χ3n) is 2.90. The second-order valence-electron chi connectivity index (χ2n) is 4.84. The molecule has 0 atom stereocenters. The number of halogens is 2. The number of hydrogen-bond acceptors (Lipinski definition) is 3. The summed E-state index contributed by atoms with van der Waals surface area (Å²) in [4.78, 5) is 8.92. The number of nitrogens with zero attached hydrogens (tertiary/aromatic N) is 2. The van der Waals surface area contributed by atoms with E-state index in [1.165, 1.54) is 0 Å². The van der Waals surface area contributed by atoms with E-state index in [0.29, 0.717) is 5.15 Å². The number of thioether (sulfide) groups is 1. The molecule has 0 saturated heterocycles. The van der Waals surface area contributed by atoms with Gasteiger partial charge in [-0.3, -0.25) is 0 Å². The quantitative estimate of drug-likeness (QED) is 0.547. The van der Waals surface area contributed by atoms with Crippen LogP contribution in [0.5, 0.6) is 0 Å². The molecule has 2 rings (SSSR count). The molecule has 0 spiro atoms. The van der Waals surface area contributed by atoms with Crippen molar-refractivity contribution in [2.75, 3.05) is 0 Å².